The van der Waals surface area contributed by atoms with Gasteiger partial charge in [0.15, 0.2) is 17.1 Å². The van der Waals surface area contributed by atoms with Crippen molar-refractivity contribution in [3.63, 3.8) is 0 Å². The lowest BCUT2D eigenvalue weighted by Gasteiger charge is -2.38. The molecule has 0 bridgehead atoms. The van der Waals surface area contributed by atoms with Gasteiger partial charge in [-0.2, -0.15) is 5.10 Å². The van der Waals surface area contributed by atoms with Gasteiger partial charge in [-0.3, -0.25) is 5.10 Å². The van der Waals surface area contributed by atoms with E-state index in [0.717, 1.165) is 61.0 Å². The van der Waals surface area contributed by atoms with Gasteiger partial charge in [-0.1, -0.05) is 6.07 Å². The Hall–Kier alpha value is -2.87. The van der Waals surface area contributed by atoms with Crippen LogP contribution in [0.5, 0.6) is 11.5 Å². The van der Waals surface area contributed by atoms with Crippen LogP contribution < -0.4 is 14.8 Å². The smallest absolute Gasteiger partial charge is 0.231 e. The predicted octanol–water partition coefficient (Wildman–Crippen LogP) is 2.24. The molecule has 1 fully saturated rings. The van der Waals surface area contributed by atoms with E-state index < -0.39 is 0 Å². The number of aromatic nitrogens is 4. The number of benzene rings is 1. The number of fused-ring (bicyclic) bond motifs is 2. The topological polar surface area (TPSA) is 94.2 Å². The monoisotopic (exact) mass is 353 g/mol. The summed E-state index contributed by atoms with van der Waals surface area (Å²) in [6, 6.07) is 6.23. The van der Waals surface area contributed by atoms with Crippen LogP contribution in [0.1, 0.15) is 18.4 Å². The molecule has 26 heavy (non-hydrogen) atoms. The Kier molecular flexibility index (Phi) is 3.63. The molecular formula is C18H19N5O3. The van der Waals surface area contributed by atoms with E-state index in [1.54, 1.807) is 12.5 Å². The molecule has 2 aliphatic heterocycles. The van der Waals surface area contributed by atoms with Crippen molar-refractivity contribution in [1.82, 2.24) is 20.2 Å². The molecule has 3 aromatic rings. The summed E-state index contributed by atoms with van der Waals surface area (Å²) in [6.45, 7) is 2.50. The summed E-state index contributed by atoms with van der Waals surface area (Å²) in [6.07, 6.45) is 5.15. The Morgan fingerprint density at radius 3 is 2.92 bits per heavy atom. The van der Waals surface area contributed by atoms with E-state index in [0.29, 0.717) is 0 Å². The molecule has 0 spiro atoms. The summed E-state index contributed by atoms with van der Waals surface area (Å²) in [5.41, 5.74) is 1.90. The van der Waals surface area contributed by atoms with Crippen molar-refractivity contribution in [2.24, 2.45) is 0 Å². The van der Waals surface area contributed by atoms with Gasteiger partial charge in [0.1, 0.15) is 12.1 Å². The van der Waals surface area contributed by atoms with Crippen molar-refractivity contribution in [3.05, 3.63) is 36.3 Å². The minimum atomic E-state index is -0.0553. The third-order valence-electron chi connectivity index (χ3n) is 5.28. The highest BCUT2D eigenvalue weighted by Gasteiger charge is 2.35. The van der Waals surface area contributed by atoms with Gasteiger partial charge < -0.3 is 19.5 Å². The minimum Gasteiger partial charge on any atom is -0.454 e. The van der Waals surface area contributed by atoms with E-state index in [1.165, 1.54) is 5.56 Å². The maximum absolute atomic E-state index is 5.62. The number of anilines is 1. The van der Waals surface area contributed by atoms with Gasteiger partial charge in [0.25, 0.3) is 0 Å². The van der Waals surface area contributed by atoms with Crippen LogP contribution in [0.25, 0.3) is 11.0 Å². The van der Waals surface area contributed by atoms with Crippen LogP contribution >= 0.6 is 0 Å². The van der Waals surface area contributed by atoms with E-state index in [1.807, 2.05) is 6.07 Å². The number of nitrogens with one attached hydrogen (secondary N) is 2. The second kappa shape index (κ2) is 6.14. The van der Waals surface area contributed by atoms with Crippen molar-refractivity contribution in [2.75, 3.05) is 31.9 Å². The van der Waals surface area contributed by atoms with Crippen molar-refractivity contribution in [2.45, 2.75) is 18.3 Å². The SMILES string of the molecule is c1nc(NCC2(c3ccc4c(c3)OCO4)CCOCC2)c2cn[nH]c2n1. The van der Waals surface area contributed by atoms with Gasteiger partial charge in [-0.05, 0) is 30.5 Å². The Morgan fingerprint density at radius 2 is 2.00 bits per heavy atom. The molecule has 0 amide bonds. The fourth-order valence-corrected chi connectivity index (χ4v) is 3.71. The van der Waals surface area contributed by atoms with Crippen molar-refractivity contribution < 1.29 is 14.2 Å². The number of ether oxygens (including phenoxy) is 3. The predicted molar refractivity (Wildman–Crippen MR) is 94.5 cm³/mol. The van der Waals surface area contributed by atoms with E-state index in [4.69, 9.17) is 14.2 Å². The molecule has 8 heteroatoms. The molecule has 0 radical (unpaired) electrons. The summed E-state index contributed by atoms with van der Waals surface area (Å²) in [5.74, 6) is 2.41. The first-order valence-electron chi connectivity index (χ1n) is 8.70. The zero-order valence-corrected chi connectivity index (χ0v) is 14.2. The van der Waals surface area contributed by atoms with E-state index in [2.05, 4.69) is 37.6 Å². The van der Waals surface area contributed by atoms with Gasteiger partial charge in [0.05, 0.1) is 11.6 Å². The zero-order chi connectivity index (χ0) is 17.4. The minimum absolute atomic E-state index is 0.0553. The maximum atomic E-state index is 5.62. The molecule has 134 valence electrons. The van der Waals surface area contributed by atoms with Gasteiger partial charge in [-0.15, -0.1) is 0 Å². The molecular weight excluding hydrogens is 334 g/mol. The summed E-state index contributed by atoms with van der Waals surface area (Å²) < 4.78 is 16.7. The van der Waals surface area contributed by atoms with Crippen molar-refractivity contribution in [3.8, 4) is 11.5 Å². The molecule has 1 aromatic carbocycles. The molecule has 4 heterocycles. The summed E-state index contributed by atoms with van der Waals surface area (Å²) in [7, 11) is 0. The number of aromatic amines is 1. The molecule has 2 aromatic heterocycles. The summed E-state index contributed by atoms with van der Waals surface area (Å²) >= 11 is 0. The van der Waals surface area contributed by atoms with E-state index in [9.17, 15) is 0 Å². The van der Waals surface area contributed by atoms with Crippen LogP contribution in [0.3, 0.4) is 0 Å². The molecule has 8 nitrogen and oxygen atoms in total. The molecule has 0 unspecified atom stereocenters. The number of hydrogen-bond acceptors (Lipinski definition) is 7. The standard InChI is InChI=1S/C18H19N5O3/c1-2-14-15(26-11-25-14)7-12(1)18(3-5-24-6-4-18)9-19-16-13-8-22-23-17(13)21-10-20-16/h1-2,7-8,10H,3-6,9,11H2,(H2,19,20,21,22,23). The van der Waals surface area contributed by atoms with E-state index in [-0.39, 0.29) is 12.2 Å². The van der Waals surface area contributed by atoms with Gasteiger partial charge in [-0.25, -0.2) is 9.97 Å². The molecule has 2 aliphatic rings. The molecule has 5 rings (SSSR count). The summed E-state index contributed by atoms with van der Waals surface area (Å²) in [4.78, 5) is 8.58. The average molecular weight is 353 g/mol. The third-order valence-corrected chi connectivity index (χ3v) is 5.28. The lowest BCUT2D eigenvalue weighted by atomic mass is 9.74. The van der Waals surface area contributed by atoms with E-state index >= 15 is 0 Å². The number of nitrogens with zero attached hydrogens (tertiary/aromatic N) is 3. The third kappa shape index (κ3) is 2.53. The second-order valence-electron chi connectivity index (χ2n) is 6.67. The average Bonchev–Trinajstić information content (AvgIpc) is 3.35. The highest BCUT2D eigenvalue weighted by Crippen LogP contribution is 2.41. The van der Waals surface area contributed by atoms with Crippen LogP contribution in [-0.4, -0.2) is 46.7 Å². The Labute approximate surface area is 149 Å². The van der Waals surface area contributed by atoms with Crippen LogP contribution in [0.15, 0.2) is 30.7 Å². The largest absolute Gasteiger partial charge is 0.454 e. The van der Waals surface area contributed by atoms with Crippen LogP contribution in [0.4, 0.5) is 5.82 Å². The molecule has 1 saturated heterocycles. The summed E-state index contributed by atoms with van der Waals surface area (Å²) in [5, 5.41) is 11.3. The number of hydrogen-bond donors (Lipinski definition) is 2. The Balaban J connectivity index is 1.46. The normalized spacial score (nSPS) is 18.2. The molecule has 2 N–H and O–H groups in total. The molecule has 0 atom stereocenters. The first kappa shape index (κ1) is 15.4. The number of rotatable bonds is 4. The highest BCUT2D eigenvalue weighted by atomic mass is 16.7. The van der Waals surface area contributed by atoms with Gasteiger partial charge in [0.2, 0.25) is 6.79 Å². The first-order valence-corrected chi connectivity index (χ1v) is 8.70. The van der Waals surface area contributed by atoms with Crippen molar-refractivity contribution in [1.29, 1.82) is 0 Å². The number of H-pyrrole nitrogens is 1. The van der Waals surface area contributed by atoms with Crippen LogP contribution in [0.2, 0.25) is 0 Å². The van der Waals surface area contributed by atoms with Crippen LogP contribution in [-0.2, 0) is 10.2 Å². The molecule has 0 saturated carbocycles. The van der Waals surface area contributed by atoms with Gasteiger partial charge >= 0.3 is 0 Å². The van der Waals surface area contributed by atoms with Gasteiger partial charge in [0, 0.05) is 25.2 Å². The lowest BCUT2D eigenvalue weighted by molar-refractivity contribution is 0.0543. The van der Waals surface area contributed by atoms with Crippen molar-refractivity contribution >= 4 is 16.9 Å². The fraction of sp³-hybridized carbons (Fsp3) is 0.389. The Morgan fingerprint density at radius 1 is 1.12 bits per heavy atom. The zero-order valence-electron chi connectivity index (χ0n) is 14.2. The fourth-order valence-electron chi connectivity index (χ4n) is 3.71. The highest BCUT2D eigenvalue weighted by molar-refractivity contribution is 5.85. The quantitative estimate of drug-likeness (QED) is 0.743. The lowest BCUT2D eigenvalue weighted by Crippen LogP contribution is -2.40. The Bertz CT molecular complexity index is 935. The second-order valence-corrected chi connectivity index (χ2v) is 6.67. The maximum Gasteiger partial charge on any atom is 0.231 e. The van der Waals surface area contributed by atoms with Crippen LogP contribution in [0, 0.1) is 0 Å². The first-order chi connectivity index (χ1) is 12.8. The molecule has 0 aliphatic carbocycles.